The average molecular weight is 246 g/mol. The molecule has 0 radical (unpaired) electrons. The molecule has 1 saturated heterocycles. The van der Waals surface area contributed by atoms with Crippen molar-refractivity contribution < 1.29 is 0 Å². The van der Waals surface area contributed by atoms with Crippen LogP contribution < -0.4 is 4.90 Å². The first-order valence-electron chi connectivity index (χ1n) is 6.25. The Morgan fingerprint density at radius 3 is 2.83 bits per heavy atom. The third kappa shape index (κ3) is 1.82. The van der Waals surface area contributed by atoms with E-state index < -0.39 is 0 Å². The van der Waals surface area contributed by atoms with Crippen LogP contribution in [0.25, 0.3) is 5.65 Å². The fourth-order valence-electron chi connectivity index (χ4n) is 2.43. The molecule has 0 N–H and O–H groups in total. The zero-order valence-corrected chi connectivity index (χ0v) is 11.0. The summed E-state index contributed by atoms with van der Waals surface area (Å²) in [5.74, 6) is 1.84. The highest BCUT2D eigenvalue weighted by atomic mass is 15.4. The molecule has 2 aromatic rings. The van der Waals surface area contributed by atoms with Gasteiger partial charge in [0.1, 0.15) is 5.82 Å². The monoisotopic (exact) mass is 246 g/mol. The van der Waals surface area contributed by atoms with Crippen molar-refractivity contribution >= 4 is 11.5 Å². The molecule has 0 saturated carbocycles. The smallest absolute Gasteiger partial charge is 0.178 e. The summed E-state index contributed by atoms with van der Waals surface area (Å²) in [7, 11) is 4.27. The molecule has 1 aliphatic heterocycles. The van der Waals surface area contributed by atoms with Gasteiger partial charge in [0.25, 0.3) is 0 Å². The van der Waals surface area contributed by atoms with Gasteiger partial charge >= 0.3 is 0 Å². The summed E-state index contributed by atoms with van der Waals surface area (Å²) in [5, 5.41) is 12.7. The lowest BCUT2D eigenvalue weighted by Gasteiger charge is -2.20. The Bertz CT molecular complexity index is 561. The van der Waals surface area contributed by atoms with E-state index in [4.69, 9.17) is 0 Å². The van der Waals surface area contributed by atoms with Crippen LogP contribution in [0.2, 0.25) is 0 Å². The molecule has 1 fully saturated rings. The minimum absolute atomic E-state index is 0.615. The fourth-order valence-corrected chi connectivity index (χ4v) is 2.43. The van der Waals surface area contributed by atoms with E-state index >= 15 is 0 Å². The number of nitrogens with zero attached hydrogens (tertiary/aromatic N) is 6. The minimum atomic E-state index is 0.615. The zero-order valence-electron chi connectivity index (χ0n) is 11.0. The predicted molar refractivity (Wildman–Crippen MR) is 69.8 cm³/mol. The van der Waals surface area contributed by atoms with E-state index in [0.717, 1.165) is 30.4 Å². The molecule has 1 atom stereocenters. The number of fused-ring (bicyclic) bond motifs is 1. The van der Waals surface area contributed by atoms with Crippen LogP contribution in [-0.2, 0) is 0 Å². The number of aryl methyl sites for hydroxylation is 1. The van der Waals surface area contributed by atoms with E-state index in [2.05, 4.69) is 39.2 Å². The van der Waals surface area contributed by atoms with Gasteiger partial charge in [-0.05, 0) is 39.6 Å². The topological polar surface area (TPSA) is 49.6 Å². The SMILES string of the molecule is Cc1nnc2ccc(N3CCC(N(C)C)C3)nn12. The third-order valence-electron chi connectivity index (χ3n) is 3.62. The Hall–Kier alpha value is -1.69. The first kappa shape index (κ1) is 11.4. The molecule has 1 aliphatic rings. The number of hydrogen-bond donors (Lipinski definition) is 0. The lowest BCUT2D eigenvalue weighted by atomic mass is 10.2. The van der Waals surface area contributed by atoms with E-state index in [1.165, 1.54) is 6.42 Å². The van der Waals surface area contributed by atoms with Crippen LogP contribution in [0.3, 0.4) is 0 Å². The quantitative estimate of drug-likeness (QED) is 0.775. The highest BCUT2D eigenvalue weighted by molar-refractivity contribution is 5.46. The molecular formula is C12H18N6. The van der Waals surface area contributed by atoms with Gasteiger partial charge in [0, 0.05) is 19.1 Å². The molecule has 6 heteroatoms. The normalized spacial score (nSPS) is 20.2. The highest BCUT2D eigenvalue weighted by Gasteiger charge is 2.25. The van der Waals surface area contributed by atoms with Crippen LogP contribution in [0.4, 0.5) is 5.82 Å². The van der Waals surface area contributed by atoms with E-state index in [-0.39, 0.29) is 0 Å². The van der Waals surface area contributed by atoms with E-state index in [9.17, 15) is 0 Å². The molecule has 0 spiro atoms. The molecule has 0 amide bonds. The molecule has 0 aromatic carbocycles. The summed E-state index contributed by atoms with van der Waals surface area (Å²) in [6.07, 6.45) is 1.19. The van der Waals surface area contributed by atoms with Crippen molar-refractivity contribution in [1.82, 2.24) is 24.7 Å². The second-order valence-corrected chi connectivity index (χ2v) is 5.06. The Kier molecular flexibility index (Phi) is 2.66. The summed E-state index contributed by atoms with van der Waals surface area (Å²) < 4.78 is 1.80. The van der Waals surface area contributed by atoms with Crippen LogP contribution in [0.5, 0.6) is 0 Å². The van der Waals surface area contributed by atoms with Crippen LogP contribution in [-0.4, -0.2) is 57.9 Å². The van der Waals surface area contributed by atoms with Crippen molar-refractivity contribution in [2.75, 3.05) is 32.1 Å². The van der Waals surface area contributed by atoms with Crippen molar-refractivity contribution in [1.29, 1.82) is 0 Å². The molecule has 1 unspecified atom stereocenters. The van der Waals surface area contributed by atoms with Gasteiger partial charge in [0.2, 0.25) is 0 Å². The highest BCUT2D eigenvalue weighted by Crippen LogP contribution is 2.20. The first-order valence-corrected chi connectivity index (χ1v) is 6.25. The lowest BCUT2D eigenvalue weighted by Crippen LogP contribution is -2.31. The van der Waals surface area contributed by atoms with E-state index in [1.54, 1.807) is 4.52 Å². The standard InChI is InChI=1S/C12H18N6/c1-9-13-14-11-4-5-12(15-18(9)11)17-7-6-10(8-17)16(2)3/h4-5,10H,6-8H2,1-3H3. The summed E-state index contributed by atoms with van der Waals surface area (Å²) in [5.41, 5.74) is 0.805. The Balaban J connectivity index is 1.88. The van der Waals surface area contributed by atoms with Gasteiger partial charge in [-0.3, -0.25) is 0 Å². The Morgan fingerprint density at radius 2 is 2.11 bits per heavy atom. The largest absolute Gasteiger partial charge is 0.354 e. The Morgan fingerprint density at radius 1 is 1.28 bits per heavy atom. The lowest BCUT2D eigenvalue weighted by molar-refractivity contribution is 0.315. The Labute approximate surface area is 106 Å². The van der Waals surface area contributed by atoms with E-state index in [0.29, 0.717) is 6.04 Å². The van der Waals surface area contributed by atoms with Gasteiger partial charge in [0.15, 0.2) is 11.5 Å². The van der Waals surface area contributed by atoms with Gasteiger partial charge in [-0.2, -0.15) is 4.52 Å². The molecule has 3 rings (SSSR count). The fraction of sp³-hybridized carbons (Fsp3) is 0.583. The number of aromatic nitrogens is 4. The number of rotatable bonds is 2. The maximum absolute atomic E-state index is 4.61. The van der Waals surface area contributed by atoms with Crippen LogP contribution in [0.15, 0.2) is 12.1 Å². The maximum Gasteiger partial charge on any atom is 0.178 e. The molecule has 0 aliphatic carbocycles. The van der Waals surface area contributed by atoms with Crippen LogP contribution >= 0.6 is 0 Å². The van der Waals surface area contributed by atoms with Crippen molar-refractivity contribution in [3.8, 4) is 0 Å². The average Bonchev–Trinajstić information content (AvgIpc) is 2.96. The van der Waals surface area contributed by atoms with Gasteiger partial charge in [-0.15, -0.1) is 15.3 Å². The molecule has 6 nitrogen and oxygen atoms in total. The first-order chi connectivity index (χ1) is 8.65. The predicted octanol–water partition coefficient (Wildman–Crippen LogP) is 0.573. The molecule has 2 aromatic heterocycles. The maximum atomic E-state index is 4.61. The molecular weight excluding hydrogens is 228 g/mol. The third-order valence-corrected chi connectivity index (χ3v) is 3.62. The van der Waals surface area contributed by atoms with E-state index in [1.807, 2.05) is 19.1 Å². The van der Waals surface area contributed by atoms with Gasteiger partial charge in [-0.1, -0.05) is 0 Å². The van der Waals surface area contributed by atoms with Gasteiger partial charge in [-0.25, -0.2) is 0 Å². The molecule has 96 valence electrons. The zero-order chi connectivity index (χ0) is 12.7. The second kappa shape index (κ2) is 4.20. The number of anilines is 1. The number of hydrogen-bond acceptors (Lipinski definition) is 5. The van der Waals surface area contributed by atoms with Gasteiger partial charge in [0.05, 0.1) is 0 Å². The summed E-state index contributed by atoms with van der Waals surface area (Å²) >= 11 is 0. The minimum Gasteiger partial charge on any atom is -0.354 e. The molecule has 0 bridgehead atoms. The second-order valence-electron chi connectivity index (χ2n) is 5.06. The molecule has 18 heavy (non-hydrogen) atoms. The van der Waals surface area contributed by atoms with Gasteiger partial charge < -0.3 is 9.80 Å². The van der Waals surface area contributed by atoms with Crippen LogP contribution in [0, 0.1) is 6.92 Å². The summed E-state index contributed by atoms with van der Waals surface area (Å²) in [6.45, 7) is 4.01. The summed E-state index contributed by atoms with van der Waals surface area (Å²) in [6, 6.07) is 4.62. The number of likely N-dealkylation sites (N-methyl/N-ethyl adjacent to an activating group) is 1. The van der Waals surface area contributed by atoms with Crippen LogP contribution in [0.1, 0.15) is 12.2 Å². The van der Waals surface area contributed by atoms with Crippen molar-refractivity contribution in [2.45, 2.75) is 19.4 Å². The van der Waals surface area contributed by atoms with Crippen molar-refractivity contribution in [3.05, 3.63) is 18.0 Å². The summed E-state index contributed by atoms with van der Waals surface area (Å²) in [4.78, 5) is 4.60. The molecule has 3 heterocycles. The van der Waals surface area contributed by atoms with Crippen molar-refractivity contribution in [3.63, 3.8) is 0 Å². The van der Waals surface area contributed by atoms with Crippen molar-refractivity contribution in [2.24, 2.45) is 0 Å².